The molecule has 7 heteroatoms. The fourth-order valence-electron chi connectivity index (χ4n) is 2.00. The topological polar surface area (TPSA) is 69.7 Å². The van der Waals surface area contributed by atoms with Crippen molar-refractivity contribution in [3.8, 4) is 0 Å². The van der Waals surface area contributed by atoms with Gasteiger partial charge in [-0.05, 0) is 39.2 Å². The van der Waals surface area contributed by atoms with E-state index in [9.17, 15) is 13.2 Å². The lowest BCUT2D eigenvalue weighted by atomic mass is 10.3. The van der Waals surface area contributed by atoms with Crippen molar-refractivity contribution < 1.29 is 13.2 Å². The van der Waals surface area contributed by atoms with E-state index in [2.05, 4.69) is 9.62 Å². The molecule has 1 N–H and O–H groups in total. The second-order valence-electron chi connectivity index (χ2n) is 5.37. The molecular formula is C15H25N3O3S. The van der Waals surface area contributed by atoms with Gasteiger partial charge in [0.25, 0.3) is 0 Å². The van der Waals surface area contributed by atoms with Gasteiger partial charge in [0.15, 0.2) is 0 Å². The van der Waals surface area contributed by atoms with Gasteiger partial charge in [-0.3, -0.25) is 4.79 Å². The molecule has 0 aliphatic carbocycles. The molecule has 1 rings (SSSR count). The lowest BCUT2D eigenvalue weighted by Gasteiger charge is -2.22. The zero-order valence-electron chi connectivity index (χ0n) is 13.4. The van der Waals surface area contributed by atoms with Gasteiger partial charge >= 0.3 is 0 Å². The van der Waals surface area contributed by atoms with Crippen molar-refractivity contribution >= 4 is 15.9 Å². The average Bonchev–Trinajstić information content (AvgIpc) is 2.46. The van der Waals surface area contributed by atoms with E-state index in [1.165, 1.54) is 6.92 Å². The molecule has 0 heterocycles. The zero-order chi connectivity index (χ0) is 16.6. The summed E-state index contributed by atoms with van der Waals surface area (Å²) in [6, 6.07) is 8.21. The maximum absolute atomic E-state index is 12.1. The third kappa shape index (κ3) is 6.55. The first-order chi connectivity index (χ1) is 10.3. The standard InChI is InChI=1S/C15H25N3O3S/c1-14(19)18(12-7-11-17(2)3)13-10-16-22(20,21)15-8-5-4-6-9-15/h4-6,8-9,16H,7,10-13H2,1-3H3. The molecule has 0 bridgehead atoms. The van der Waals surface area contributed by atoms with Gasteiger partial charge in [0.2, 0.25) is 15.9 Å². The quantitative estimate of drug-likeness (QED) is 0.727. The van der Waals surface area contributed by atoms with Crippen molar-refractivity contribution in [2.45, 2.75) is 18.2 Å². The molecule has 0 aliphatic rings. The fraction of sp³-hybridized carbons (Fsp3) is 0.533. The number of nitrogens with zero attached hydrogens (tertiary/aromatic N) is 2. The van der Waals surface area contributed by atoms with Crippen molar-refractivity contribution in [2.24, 2.45) is 0 Å². The Bertz CT molecular complexity index is 559. The number of hydrogen-bond donors (Lipinski definition) is 1. The van der Waals surface area contributed by atoms with Crippen LogP contribution in [0.25, 0.3) is 0 Å². The lowest BCUT2D eigenvalue weighted by molar-refractivity contribution is -0.128. The predicted molar refractivity (Wildman–Crippen MR) is 87.1 cm³/mol. The van der Waals surface area contributed by atoms with Gasteiger partial charge in [0, 0.05) is 26.6 Å². The number of rotatable bonds is 9. The molecule has 1 amide bonds. The number of benzene rings is 1. The van der Waals surface area contributed by atoms with Crippen molar-refractivity contribution in [1.29, 1.82) is 0 Å². The van der Waals surface area contributed by atoms with E-state index in [0.29, 0.717) is 13.1 Å². The molecule has 0 atom stereocenters. The molecule has 0 radical (unpaired) electrons. The van der Waals surface area contributed by atoms with Crippen LogP contribution in [0.2, 0.25) is 0 Å². The molecular weight excluding hydrogens is 302 g/mol. The maximum atomic E-state index is 12.1. The summed E-state index contributed by atoms with van der Waals surface area (Å²) in [5, 5.41) is 0. The van der Waals surface area contributed by atoms with Crippen molar-refractivity contribution in [3.05, 3.63) is 30.3 Å². The Labute approximate surface area is 133 Å². The smallest absolute Gasteiger partial charge is 0.240 e. The van der Waals surface area contributed by atoms with E-state index in [1.807, 2.05) is 14.1 Å². The third-order valence-corrected chi connectivity index (χ3v) is 4.68. The summed E-state index contributed by atoms with van der Waals surface area (Å²) in [4.78, 5) is 15.5. The molecule has 0 saturated carbocycles. The molecule has 0 aromatic heterocycles. The Hall–Kier alpha value is -1.44. The van der Waals surface area contributed by atoms with Crippen LogP contribution in [0.5, 0.6) is 0 Å². The number of nitrogens with one attached hydrogen (secondary N) is 1. The van der Waals surface area contributed by atoms with Crippen molar-refractivity contribution in [3.63, 3.8) is 0 Å². The minimum Gasteiger partial charge on any atom is -0.342 e. The highest BCUT2D eigenvalue weighted by atomic mass is 32.2. The first-order valence-electron chi connectivity index (χ1n) is 7.28. The fourth-order valence-corrected chi connectivity index (χ4v) is 3.04. The molecule has 0 fully saturated rings. The highest BCUT2D eigenvalue weighted by Crippen LogP contribution is 2.06. The first-order valence-corrected chi connectivity index (χ1v) is 8.76. The molecule has 124 valence electrons. The number of hydrogen-bond acceptors (Lipinski definition) is 4. The average molecular weight is 327 g/mol. The summed E-state index contributed by atoms with van der Waals surface area (Å²) in [5.74, 6) is -0.0438. The van der Waals surface area contributed by atoms with E-state index in [4.69, 9.17) is 0 Å². The molecule has 1 aromatic carbocycles. The largest absolute Gasteiger partial charge is 0.342 e. The predicted octanol–water partition coefficient (Wildman–Crippen LogP) is 0.765. The van der Waals surface area contributed by atoms with Crippen LogP contribution in [-0.4, -0.2) is 64.4 Å². The van der Waals surface area contributed by atoms with Crippen molar-refractivity contribution in [2.75, 3.05) is 40.3 Å². The van der Waals surface area contributed by atoms with Gasteiger partial charge in [0.05, 0.1) is 4.90 Å². The highest BCUT2D eigenvalue weighted by molar-refractivity contribution is 7.89. The van der Waals surface area contributed by atoms with Gasteiger partial charge in [-0.15, -0.1) is 0 Å². The van der Waals surface area contributed by atoms with Gasteiger partial charge in [0.1, 0.15) is 0 Å². The normalized spacial score (nSPS) is 11.6. The highest BCUT2D eigenvalue weighted by Gasteiger charge is 2.14. The van der Waals surface area contributed by atoms with E-state index in [1.54, 1.807) is 35.2 Å². The van der Waals surface area contributed by atoms with Gasteiger partial charge in [-0.2, -0.15) is 0 Å². The Morgan fingerprint density at radius 1 is 1.09 bits per heavy atom. The molecule has 1 aromatic rings. The minimum atomic E-state index is -3.51. The van der Waals surface area contributed by atoms with Crippen LogP contribution in [0.1, 0.15) is 13.3 Å². The molecule has 0 spiro atoms. The maximum Gasteiger partial charge on any atom is 0.240 e. The van der Waals surface area contributed by atoms with Crippen molar-refractivity contribution in [1.82, 2.24) is 14.5 Å². The van der Waals surface area contributed by atoms with Crippen LogP contribution in [0.3, 0.4) is 0 Å². The van der Waals surface area contributed by atoms with E-state index in [0.717, 1.165) is 13.0 Å². The van der Waals surface area contributed by atoms with Crippen LogP contribution >= 0.6 is 0 Å². The van der Waals surface area contributed by atoms with E-state index in [-0.39, 0.29) is 17.3 Å². The summed E-state index contributed by atoms with van der Waals surface area (Å²) in [7, 11) is 0.445. The molecule has 0 unspecified atom stereocenters. The lowest BCUT2D eigenvalue weighted by Crippen LogP contribution is -2.38. The van der Waals surface area contributed by atoms with Crippen LogP contribution < -0.4 is 4.72 Å². The second kappa shape index (κ2) is 8.87. The molecule has 0 aliphatic heterocycles. The first kappa shape index (κ1) is 18.6. The van der Waals surface area contributed by atoms with Crippen LogP contribution in [0.4, 0.5) is 0 Å². The summed E-state index contributed by atoms with van der Waals surface area (Å²) >= 11 is 0. The Kier molecular flexibility index (Phi) is 7.50. The van der Waals surface area contributed by atoms with Gasteiger partial charge in [-0.1, -0.05) is 18.2 Å². The third-order valence-electron chi connectivity index (χ3n) is 3.21. The number of carbonyl (C=O) groups is 1. The summed E-state index contributed by atoms with van der Waals surface area (Å²) in [6.07, 6.45) is 0.859. The molecule has 22 heavy (non-hydrogen) atoms. The van der Waals surface area contributed by atoms with Crippen LogP contribution in [0.15, 0.2) is 35.2 Å². The van der Waals surface area contributed by atoms with Gasteiger partial charge in [-0.25, -0.2) is 13.1 Å². The minimum absolute atomic E-state index is 0.0438. The number of amides is 1. The summed E-state index contributed by atoms with van der Waals surface area (Å²) < 4.78 is 26.7. The number of sulfonamides is 1. The Morgan fingerprint density at radius 3 is 2.27 bits per heavy atom. The van der Waals surface area contributed by atoms with Gasteiger partial charge < -0.3 is 9.80 Å². The van der Waals surface area contributed by atoms with Crippen LogP contribution in [0, 0.1) is 0 Å². The molecule has 6 nitrogen and oxygen atoms in total. The monoisotopic (exact) mass is 327 g/mol. The van der Waals surface area contributed by atoms with Crippen LogP contribution in [-0.2, 0) is 14.8 Å². The van der Waals surface area contributed by atoms with E-state index < -0.39 is 10.0 Å². The second-order valence-corrected chi connectivity index (χ2v) is 7.14. The number of carbonyl (C=O) groups excluding carboxylic acids is 1. The zero-order valence-corrected chi connectivity index (χ0v) is 14.3. The Morgan fingerprint density at radius 2 is 1.73 bits per heavy atom. The van der Waals surface area contributed by atoms with E-state index >= 15 is 0 Å². The Balaban J connectivity index is 2.47. The molecule has 0 saturated heterocycles. The summed E-state index contributed by atoms with van der Waals surface area (Å²) in [5.41, 5.74) is 0. The SMILES string of the molecule is CC(=O)N(CCCN(C)C)CCNS(=O)(=O)c1ccccc1. The summed E-state index contributed by atoms with van der Waals surface area (Å²) in [6.45, 7) is 3.59.